The maximum Gasteiger partial charge on any atom is 0.416 e. The molecule has 0 aliphatic heterocycles. The topological polar surface area (TPSA) is 9.86 Å². The molecular weight excluding hydrogens is 550 g/mol. The van der Waals surface area contributed by atoms with Crippen molar-refractivity contribution in [3.05, 3.63) is 145 Å². The molecule has 210 valence electrons. The summed E-state index contributed by atoms with van der Waals surface area (Å²) in [5.74, 6) is 0. The second kappa shape index (κ2) is 10.4. The van der Waals surface area contributed by atoms with E-state index < -0.39 is 23.5 Å². The van der Waals surface area contributed by atoms with Crippen LogP contribution in [0.3, 0.4) is 0 Å². The van der Waals surface area contributed by atoms with Crippen LogP contribution in [-0.2, 0) is 12.4 Å². The highest BCUT2D eigenvalue weighted by molar-refractivity contribution is 5.78. The standard InChI is InChI=1S/C34H22F6N2/c35-33(36,37)27-11-15-29(16-12-27)41-21-25(19-31(41)23-7-3-1-4-8-23)26-20-32(24-9-5-2-6-10-24)42(22-26)30-17-13-28(14-18-30)34(38,39)40/h1-22H. The first-order valence-corrected chi connectivity index (χ1v) is 13.0. The molecule has 0 N–H and O–H groups in total. The molecule has 0 bridgehead atoms. The lowest BCUT2D eigenvalue weighted by Gasteiger charge is -2.11. The predicted octanol–water partition coefficient (Wildman–Crippen LogP) is 10.3. The number of alkyl halides is 6. The van der Waals surface area contributed by atoms with Gasteiger partial charge in [0.15, 0.2) is 0 Å². The predicted molar refractivity (Wildman–Crippen MR) is 151 cm³/mol. The summed E-state index contributed by atoms with van der Waals surface area (Å²) in [4.78, 5) is 0. The molecule has 0 fully saturated rings. The number of rotatable bonds is 5. The molecule has 0 unspecified atom stereocenters. The lowest BCUT2D eigenvalue weighted by Crippen LogP contribution is -2.05. The first-order chi connectivity index (χ1) is 20.1. The Labute approximate surface area is 237 Å². The van der Waals surface area contributed by atoms with Crippen LogP contribution in [0.25, 0.3) is 45.0 Å². The molecule has 4 aromatic carbocycles. The van der Waals surface area contributed by atoms with Crippen molar-refractivity contribution in [3.8, 4) is 45.0 Å². The summed E-state index contributed by atoms with van der Waals surface area (Å²) >= 11 is 0. The highest BCUT2D eigenvalue weighted by Crippen LogP contribution is 2.37. The summed E-state index contributed by atoms with van der Waals surface area (Å²) in [6, 6.07) is 32.8. The maximum absolute atomic E-state index is 13.2. The van der Waals surface area contributed by atoms with Crippen molar-refractivity contribution in [2.45, 2.75) is 12.4 Å². The van der Waals surface area contributed by atoms with Crippen molar-refractivity contribution in [1.29, 1.82) is 0 Å². The molecule has 0 radical (unpaired) electrons. The smallest absolute Gasteiger partial charge is 0.316 e. The first kappa shape index (κ1) is 27.2. The highest BCUT2D eigenvalue weighted by Gasteiger charge is 2.31. The monoisotopic (exact) mass is 572 g/mol. The largest absolute Gasteiger partial charge is 0.416 e. The minimum Gasteiger partial charge on any atom is -0.316 e. The summed E-state index contributed by atoms with van der Waals surface area (Å²) in [6.45, 7) is 0. The molecule has 6 rings (SSSR count). The third kappa shape index (κ3) is 5.35. The Kier molecular flexibility index (Phi) is 6.77. The first-order valence-electron chi connectivity index (χ1n) is 13.0. The molecule has 0 saturated carbocycles. The Hall–Kier alpha value is -4.98. The van der Waals surface area contributed by atoms with Crippen molar-refractivity contribution >= 4 is 0 Å². The number of hydrogen-bond acceptors (Lipinski definition) is 0. The van der Waals surface area contributed by atoms with E-state index in [1.807, 2.05) is 94.3 Å². The van der Waals surface area contributed by atoms with Crippen LogP contribution in [0, 0.1) is 0 Å². The van der Waals surface area contributed by atoms with Gasteiger partial charge >= 0.3 is 12.4 Å². The van der Waals surface area contributed by atoms with E-state index in [2.05, 4.69) is 0 Å². The molecule has 8 heteroatoms. The van der Waals surface area contributed by atoms with Gasteiger partial charge in [-0.1, -0.05) is 60.7 Å². The number of hydrogen-bond donors (Lipinski definition) is 0. The molecule has 2 nitrogen and oxygen atoms in total. The fraction of sp³-hybridized carbons (Fsp3) is 0.0588. The average Bonchev–Trinajstić information content (AvgIpc) is 3.63. The van der Waals surface area contributed by atoms with E-state index in [1.54, 1.807) is 0 Å². The van der Waals surface area contributed by atoms with E-state index in [4.69, 9.17) is 0 Å². The minimum atomic E-state index is -4.45. The Morgan fingerprint density at radius 1 is 0.381 bits per heavy atom. The Balaban J connectivity index is 1.49. The van der Waals surface area contributed by atoms with Crippen LogP contribution < -0.4 is 0 Å². The van der Waals surface area contributed by atoms with Crippen LogP contribution in [0.4, 0.5) is 26.3 Å². The van der Waals surface area contributed by atoms with Gasteiger partial charge in [0.05, 0.1) is 22.5 Å². The van der Waals surface area contributed by atoms with Gasteiger partial charge < -0.3 is 9.13 Å². The van der Waals surface area contributed by atoms with E-state index in [1.165, 1.54) is 24.3 Å². The molecule has 0 spiro atoms. The number of nitrogens with zero attached hydrogens (tertiary/aromatic N) is 2. The van der Waals surface area contributed by atoms with Crippen LogP contribution in [0.1, 0.15) is 11.1 Å². The molecule has 42 heavy (non-hydrogen) atoms. The van der Waals surface area contributed by atoms with Gasteiger partial charge in [0, 0.05) is 34.9 Å². The van der Waals surface area contributed by atoms with Gasteiger partial charge in [-0.2, -0.15) is 26.3 Å². The quantitative estimate of drug-likeness (QED) is 0.182. The lowest BCUT2D eigenvalue weighted by molar-refractivity contribution is -0.138. The Bertz CT molecular complexity index is 1670. The van der Waals surface area contributed by atoms with Crippen LogP contribution in [0.5, 0.6) is 0 Å². The second-order valence-corrected chi connectivity index (χ2v) is 9.79. The van der Waals surface area contributed by atoms with Crippen LogP contribution in [-0.4, -0.2) is 9.13 Å². The Morgan fingerprint density at radius 2 is 0.714 bits per heavy atom. The lowest BCUT2D eigenvalue weighted by atomic mass is 10.1. The maximum atomic E-state index is 13.2. The molecule has 6 aromatic rings. The zero-order chi connectivity index (χ0) is 29.5. The molecule has 2 aromatic heterocycles. The summed E-state index contributed by atoms with van der Waals surface area (Å²) in [6.07, 6.45) is -5.19. The normalized spacial score (nSPS) is 12.0. The van der Waals surface area contributed by atoms with Crippen LogP contribution >= 0.6 is 0 Å². The van der Waals surface area contributed by atoms with E-state index in [0.717, 1.165) is 57.9 Å². The summed E-state index contributed by atoms with van der Waals surface area (Å²) < 4.78 is 83.0. The van der Waals surface area contributed by atoms with Gasteiger partial charge in [0.25, 0.3) is 0 Å². The minimum absolute atomic E-state index is 0.554. The SMILES string of the molecule is FC(F)(F)c1ccc(-n2cc(-c3cc(-c4ccccc4)n(-c4ccc(C(F)(F)F)cc4)c3)cc2-c2ccccc2)cc1. The van der Waals surface area contributed by atoms with Crippen molar-refractivity contribution < 1.29 is 26.3 Å². The van der Waals surface area contributed by atoms with E-state index in [0.29, 0.717) is 11.4 Å². The van der Waals surface area contributed by atoms with Gasteiger partial charge in [0.2, 0.25) is 0 Å². The molecule has 0 aliphatic rings. The molecule has 0 amide bonds. The van der Waals surface area contributed by atoms with Crippen LogP contribution in [0.2, 0.25) is 0 Å². The van der Waals surface area contributed by atoms with Crippen molar-refractivity contribution in [2.24, 2.45) is 0 Å². The fourth-order valence-corrected chi connectivity index (χ4v) is 4.95. The molecule has 0 atom stereocenters. The van der Waals surface area contributed by atoms with Crippen molar-refractivity contribution in [2.75, 3.05) is 0 Å². The molecule has 2 heterocycles. The zero-order valence-electron chi connectivity index (χ0n) is 21.9. The number of halogens is 6. The molecule has 0 saturated heterocycles. The third-order valence-corrected chi connectivity index (χ3v) is 7.06. The summed E-state index contributed by atoms with van der Waals surface area (Å²) in [5.41, 5.74) is 4.50. The van der Waals surface area contributed by atoms with Crippen molar-refractivity contribution in [3.63, 3.8) is 0 Å². The zero-order valence-corrected chi connectivity index (χ0v) is 21.9. The number of aromatic nitrogens is 2. The summed E-state index contributed by atoms with van der Waals surface area (Å²) in [7, 11) is 0. The van der Waals surface area contributed by atoms with Crippen LogP contribution in [0.15, 0.2) is 134 Å². The van der Waals surface area contributed by atoms with E-state index >= 15 is 0 Å². The summed E-state index contributed by atoms with van der Waals surface area (Å²) in [5, 5.41) is 0. The average molecular weight is 573 g/mol. The molecule has 0 aliphatic carbocycles. The third-order valence-electron chi connectivity index (χ3n) is 7.06. The van der Waals surface area contributed by atoms with E-state index in [-0.39, 0.29) is 0 Å². The van der Waals surface area contributed by atoms with Crippen molar-refractivity contribution in [1.82, 2.24) is 9.13 Å². The van der Waals surface area contributed by atoms with Gasteiger partial charge in [-0.25, -0.2) is 0 Å². The highest BCUT2D eigenvalue weighted by atomic mass is 19.4. The van der Waals surface area contributed by atoms with Gasteiger partial charge in [-0.3, -0.25) is 0 Å². The molecular formula is C34H22F6N2. The van der Waals surface area contributed by atoms with E-state index in [9.17, 15) is 26.3 Å². The second-order valence-electron chi connectivity index (χ2n) is 9.79. The van der Waals surface area contributed by atoms with Gasteiger partial charge in [-0.15, -0.1) is 0 Å². The Morgan fingerprint density at radius 3 is 1.02 bits per heavy atom. The van der Waals surface area contributed by atoms with Gasteiger partial charge in [0.1, 0.15) is 0 Å². The fourth-order valence-electron chi connectivity index (χ4n) is 4.95. The number of benzene rings is 4. The van der Waals surface area contributed by atoms with Gasteiger partial charge in [-0.05, 0) is 71.8 Å².